The van der Waals surface area contributed by atoms with Crippen molar-refractivity contribution in [3.05, 3.63) is 0 Å². The van der Waals surface area contributed by atoms with Gasteiger partial charge in [-0.2, -0.15) is 0 Å². The molecule has 1 fully saturated rings. The zero-order valence-electron chi connectivity index (χ0n) is 12.8. The molecule has 1 heterocycles. The largest absolute Gasteiger partial charge is 0.469 e. The van der Waals surface area contributed by atoms with Crippen LogP contribution in [0.25, 0.3) is 0 Å². The molecule has 0 saturated carbocycles. The fraction of sp³-hybridized carbons (Fsp3) is 0.929. The van der Waals surface area contributed by atoms with E-state index in [9.17, 15) is 4.79 Å². The van der Waals surface area contributed by atoms with E-state index < -0.39 is 0 Å². The van der Waals surface area contributed by atoms with E-state index in [1.54, 1.807) is 7.11 Å². The Kier molecular flexibility index (Phi) is 9.57. The van der Waals surface area contributed by atoms with Crippen molar-refractivity contribution in [2.75, 3.05) is 73.3 Å². The summed E-state index contributed by atoms with van der Waals surface area (Å²) in [6, 6.07) is 0. The van der Waals surface area contributed by atoms with Crippen molar-refractivity contribution in [1.82, 2.24) is 9.80 Å². The maximum absolute atomic E-state index is 11.1. The van der Waals surface area contributed by atoms with E-state index >= 15 is 0 Å². The number of carbonyl (C=O) groups is 1. The Balaban J connectivity index is 1.97. The summed E-state index contributed by atoms with van der Waals surface area (Å²) in [5.41, 5.74) is 0. The summed E-state index contributed by atoms with van der Waals surface area (Å²) in [5.74, 6) is -0.124. The number of piperazine rings is 1. The maximum atomic E-state index is 11.1. The van der Waals surface area contributed by atoms with Gasteiger partial charge in [-0.25, -0.2) is 0 Å². The minimum Gasteiger partial charge on any atom is -0.469 e. The van der Waals surface area contributed by atoms with Crippen molar-refractivity contribution in [3.63, 3.8) is 0 Å². The predicted octanol–water partition coefficient (Wildman–Crippen LogP) is 0.220. The number of hydrogen-bond acceptors (Lipinski definition) is 6. The predicted molar refractivity (Wildman–Crippen MR) is 76.8 cm³/mol. The first-order chi connectivity index (χ1) is 9.76. The molecule has 0 radical (unpaired) electrons. The zero-order valence-corrected chi connectivity index (χ0v) is 12.8. The van der Waals surface area contributed by atoms with Gasteiger partial charge in [0, 0.05) is 53.0 Å². The van der Waals surface area contributed by atoms with Gasteiger partial charge in [0.2, 0.25) is 0 Å². The second-order valence-electron chi connectivity index (χ2n) is 4.97. The minimum absolute atomic E-state index is 0.124. The molecule has 0 unspecified atom stereocenters. The molecule has 0 atom stereocenters. The number of ether oxygens (including phenoxy) is 3. The SMILES string of the molecule is COCCOCCCN1CCN(CCC(=O)OC)CC1. The monoisotopic (exact) mass is 288 g/mol. The average molecular weight is 288 g/mol. The minimum atomic E-state index is -0.124. The second-order valence-corrected chi connectivity index (χ2v) is 4.97. The Morgan fingerprint density at radius 1 is 0.950 bits per heavy atom. The van der Waals surface area contributed by atoms with Crippen LogP contribution in [-0.2, 0) is 19.0 Å². The standard InChI is InChI=1S/C14H28N2O4/c1-18-12-13-20-11-3-5-15-7-9-16(10-8-15)6-4-14(17)19-2/h3-13H2,1-2H3. The summed E-state index contributed by atoms with van der Waals surface area (Å²) >= 11 is 0. The quantitative estimate of drug-likeness (QED) is 0.423. The van der Waals surface area contributed by atoms with Crippen molar-refractivity contribution >= 4 is 5.97 Å². The van der Waals surface area contributed by atoms with Gasteiger partial charge in [-0.05, 0) is 6.42 Å². The third-order valence-corrected chi connectivity index (χ3v) is 3.52. The third kappa shape index (κ3) is 7.79. The van der Waals surface area contributed by atoms with Gasteiger partial charge in [0.05, 0.1) is 26.7 Å². The number of carbonyl (C=O) groups excluding carboxylic acids is 1. The van der Waals surface area contributed by atoms with Crippen LogP contribution in [0.2, 0.25) is 0 Å². The van der Waals surface area contributed by atoms with Gasteiger partial charge < -0.3 is 24.0 Å². The fourth-order valence-electron chi connectivity index (χ4n) is 2.22. The lowest BCUT2D eigenvalue weighted by atomic mass is 10.2. The van der Waals surface area contributed by atoms with Crippen LogP contribution in [0.1, 0.15) is 12.8 Å². The first-order valence-corrected chi connectivity index (χ1v) is 7.34. The van der Waals surface area contributed by atoms with Crippen molar-refractivity contribution in [2.45, 2.75) is 12.8 Å². The molecule has 0 N–H and O–H groups in total. The molecule has 0 aromatic rings. The molecule has 20 heavy (non-hydrogen) atoms. The van der Waals surface area contributed by atoms with E-state index in [-0.39, 0.29) is 5.97 Å². The first kappa shape index (κ1) is 17.4. The van der Waals surface area contributed by atoms with Gasteiger partial charge in [0.25, 0.3) is 0 Å². The molecule has 0 aromatic carbocycles. The molecule has 1 rings (SSSR count). The molecule has 1 aliphatic heterocycles. The zero-order chi connectivity index (χ0) is 14.6. The average Bonchev–Trinajstić information content (AvgIpc) is 2.49. The van der Waals surface area contributed by atoms with Crippen LogP contribution in [0.3, 0.4) is 0 Å². The van der Waals surface area contributed by atoms with E-state index in [0.717, 1.165) is 52.3 Å². The van der Waals surface area contributed by atoms with Gasteiger partial charge in [-0.1, -0.05) is 0 Å². The highest BCUT2D eigenvalue weighted by molar-refractivity contribution is 5.69. The van der Waals surface area contributed by atoms with Gasteiger partial charge in [-0.3, -0.25) is 4.79 Å². The van der Waals surface area contributed by atoms with Crippen molar-refractivity contribution in [3.8, 4) is 0 Å². The lowest BCUT2D eigenvalue weighted by molar-refractivity contribution is -0.141. The molecule has 118 valence electrons. The summed E-state index contributed by atoms with van der Waals surface area (Å²) in [7, 11) is 3.12. The van der Waals surface area contributed by atoms with Crippen LogP contribution < -0.4 is 0 Å². The van der Waals surface area contributed by atoms with Crippen LogP contribution in [0.5, 0.6) is 0 Å². The van der Waals surface area contributed by atoms with E-state index in [4.69, 9.17) is 9.47 Å². The van der Waals surface area contributed by atoms with Gasteiger partial charge in [-0.15, -0.1) is 0 Å². The van der Waals surface area contributed by atoms with Crippen molar-refractivity contribution < 1.29 is 19.0 Å². The molecule has 0 amide bonds. The van der Waals surface area contributed by atoms with E-state index in [0.29, 0.717) is 19.6 Å². The molecule has 0 bridgehead atoms. The summed E-state index contributed by atoms with van der Waals surface area (Å²) in [5, 5.41) is 0. The lowest BCUT2D eigenvalue weighted by Gasteiger charge is -2.34. The lowest BCUT2D eigenvalue weighted by Crippen LogP contribution is -2.47. The molecule has 0 aliphatic carbocycles. The third-order valence-electron chi connectivity index (χ3n) is 3.52. The molecule has 1 aliphatic rings. The van der Waals surface area contributed by atoms with Crippen LogP contribution in [0.4, 0.5) is 0 Å². The molecule has 6 nitrogen and oxygen atoms in total. The van der Waals surface area contributed by atoms with Crippen LogP contribution in [0, 0.1) is 0 Å². The Morgan fingerprint density at radius 3 is 2.20 bits per heavy atom. The smallest absolute Gasteiger partial charge is 0.306 e. The topological polar surface area (TPSA) is 51.2 Å². The second kappa shape index (κ2) is 11.0. The van der Waals surface area contributed by atoms with Crippen molar-refractivity contribution in [1.29, 1.82) is 0 Å². The van der Waals surface area contributed by atoms with E-state index in [1.807, 2.05) is 0 Å². The molecular formula is C14H28N2O4. The molecule has 1 saturated heterocycles. The van der Waals surface area contributed by atoms with E-state index in [1.165, 1.54) is 7.11 Å². The van der Waals surface area contributed by atoms with Gasteiger partial charge in [0.1, 0.15) is 0 Å². The van der Waals surface area contributed by atoms with Gasteiger partial charge in [0.15, 0.2) is 0 Å². The first-order valence-electron chi connectivity index (χ1n) is 7.34. The number of rotatable bonds is 10. The van der Waals surface area contributed by atoms with Crippen LogP contribution >= 0.6 is 0 Å². The number of hydrogen-bond donors (Lipinski definition) is 0. The van der Waals surface area contributed by atoms with Gasteiger partial charge >= 0.3 is 5.97 Å². The Labute approximate surface area is 121 Å². The summed E-state index contributed by atoms with van der Waals surface area (Å²) in [6.07, 6.45) is 1.55. The highest BCUT2D eigenvalue weighted by atomic mass is 16.5. The number of esters is 1. The van der Waals surface area contributed by atoms with Crippen LogP contribution in [0.15, 0.2) is 0 Å². The molecular weight excluding hydrogens is 260 g/mol. The molecule has 0 spiro atoms. The normalized spacial score (nSPS) is 17.3. The van der Waals surface area contributed by atoms with Crippen LogP contribution in [-0.4, -0.2) is 89.1 Å². The summed E-state index contributed by atoms with van der Waals surface area (Å²) in [6.45, 7) is 8.22. The summed E-state index contributed by atoms with van der Waals surface area (Å²) in [4.78, 5) is 15.9. The van der Waals surface area contributed by atoms with Crippen molar-refractivity contribution in [2.24, 2.45) is 0 Å². The Bertz CT molecular complexity index is 256. The highest BCUT2D eigenvalue weighted by Crippen LogP contribution is 2.03. The molecule has 0 aromatic heterocycles. The Morgan fingerprint density at radius 2 is 1.60 bits per heavy atom. The summed E-state index contributed by atoms with van der Waals surface area (Å²) < 4.78 is 15.0. The fourth-order valence-corrected chi connectivity index (χ4v) is 2.22. The number of nitrogens with zero attached hydrogens (tertiary/aromatic N) is 2. The Hall–Kier alpha value is -0.690. The highest BCUT2D eigenvalue weighted by Gasteiger charge is 2.16. The number of methoxy groups -OCH3 is 2. The maximum Gasteiger partial charge on any atom is 0.306 e. The molecule has 6 heteroatoms. The van der Waals surface area contributed by atoms with E-state index in [2.05, 4.69) is 14.5 Å².